The van der Waals surface area contributed by atoms with E-state index >= 15 is 0 Å². The average molecular weight is 443 g/mol. The lowest BCUT2D eigenvalue weighted by Crippen LogP contribution is -2.62. The Kier molecular flexibility index (Phi) is 4.95. The van der Waals surface area contributed by atoms with Gasteiger partial charge in [0.25, 0.3) is 0 Å². The summed E-state index contributed by atoms with van der Waals surface area (Å²) in [7, 11) is 0. The van der Waals surface area contributed by atoms with Crippen LogP contribution in [-0.2, 0) is 35.0 Å². The van der Waals surface area contributed by atoms with E-state index in [1.54, 1.807) is 0 Å². The number of ether oxygens (including phenoxy) is 6. The second-order valence-electron chi connectivity index (χ2n) is 8.54. The first-order chi connectivity index (χ1) is 12.6. The van der Waals surface area contributed by atoms with Gasteiger partial charge in [-0.3, -0.25) is 0 Å². The highest BCUT2D eigenvalue weighted by Crippen LogP contribution is 2.47. The van der Waals surface area contributed by atoms with Crippen molar-refractivity contribution in [3.63, 3.8) is 0 Å². The molecule has 0 N–H and O–H groups in total. The van der Waals surface area contributed by atoms with Crippen LogP contribution in [0.25, 0.3) is 0 Å². The third-order valence-electron chi connectivity index (χ3n) is 5.10. The molecule has 0 aromatic heterocycles. The maximum atomic E-state index is 6.31. The molecule has 0 radical (unpaired) electrons. The van der Waals surface area contributed by atoms with Crippen molar-refractivity contribution in [3.05, 3.63) is 34.3 Å². The molecule has 5 atom stereocenters. The quantitative estimate of drug-likeness (QED) is 0.707. The molecule has 3 saturated heterocycles. The first-order valence-electron chi connectivity index (χ1n) is 9.28. The Morgan fingerprint density at radius 1 is 0.852 bits per heavy atom. The van der Waals surface area contributed by atoms with Crippen LogP contribution in [0, 0.1) is 0 Å². The minimum atomic E-state index is -0.723. The van der Waals surface area contributed by atoms with Crippen LogP contribution >= 0.6 is 15.9 Å². The van der Waals surface area contributed by atoms with Crippen molar-refractivity contribution in [2.75, 3.05) is 6.61 Å². The van der Waals surface area contributed by atoms with Gasteiger partial charge in [0.2, 0.25) is 0 Å². The van der Waals surface area contributed by atoms with Crippen molar-refractivity contribution in [1.29, 1.82) is 0 Å². The first kappa shape index (κ1) is 19.8. The van der Waals surface area contributed by atoms with Gasteiger partial charge in [0.05, 0.1) is 13.2 Å². The van der Waals surface area contributed by atoms with E-state index in [1.807, 2.05) is 58.9 Å². The number of fused-ring (bicyclic) bond motifs is 3. The Balaban J connectivity index is 1.49. The summed E-state index contributed by atoms with van der Waals surface area (Å²) < 4.78 is 37.7. The van der Waals surface area contributed by atoms with Crippen molar-refractivity contribution in [1.82, 2.24) is 0 Å². The molecule has 7 heteroatoms. The van der Waals surface area contributed by atoms with Gasteiger partial charge in [-0.1, -0.05) is 28.1 Å². The summed E-state index contributed by atoms with van der Waals surface area (Å²) in [5, 5.41) is 0. The monoisotopic (exact) mass is 442 g/mol. The van der Waals surface area contributed by atoms with Gasteiger partial charge in [-0.25, -0.2) is 0 Å². The lowest BCUT2D eigenvalue weighted by molar-refractivity contribution is -0.284. The molecule has 0 saturated carbocycles. The molecule has 6 nitrogen and oxygen atoms in total. The molecule has 3 unspecified atom stereocenters. The summed E-state index contributed by atoms with van der Waals surface area (Å²) in [5.74, 6) is -1.43. The molecule has 3 fully saturated rings. The zero-order valence-electron chi connectivity index (χ0n) is 16.4. The largest absolute Gasteiger partial charge is 0.374 e. The average Bonchev–Trinajstić information content (AvgIpc) is 3.05. The molecule has 3 heterocycles. The van der Waals surface area contributed by atoms with E-state index in [2.05, 4.69) is 15.9 Å². The Labute approximate surface area is 168 Å². The van der Waals surface area contributed by atoms with Crippen molar-refractivity contribution >= 4 is 15.9 Å². The molecular formula is C20H27BrO6. The summed E-state index contributed by atoms with van der Waals surface area (Å²) in [6.07, 6.45) is -1.43. The van der Waals surface area contributed by atoms with Gasteiger partial charge in [0, 0.05) is 4.47 Å². The highest BCUT2D eigenvalue weighted by Gasteiger charge is 2.64. The highest BCUT2D eigenvalue weighted by atomic mass is 79.9. The van der Waals surface area contributed by atoms with E-state index in [4.69, 9.17) is 28.4 Å². The van der Waals surface area contributed by atoms with Crippen LogP contribution in [0.1, 0.15) is 40.2 Å². The Morgan fingerprint density at radius 2 is 1.48 bits per heavy atom. The topological polar surface area (TPSA) is 55.4 Å². The van der Waals surface area contributed by atoms with Crippen LogP contribution in [0.15, 0.2) is 28.7 Å². The van der Waals surface area contributed by atoms with Crippen molar-refractivity contribution in [2.45, 2.75) is 83.0 Å². The summed E-state index contributed by atoms with van der Waals surface area (Å²) in [5.41, 5.74) is 0.385. The van der Waals surface area contributed by atoms with E-state index in [0.717, 1.165) is 10.0 Å². The van der Waals surface area contributed by atoms with E-state index in [9.17, 15) is 0 Å². The zero-order valence-corrected chi connectivity index (χ0v) is 17.9. The zero-order chi connectivity index (χ0) is 19.4. The third kappa shape index (κ3) is 3.96. The standard InChI is InChI=1S/C20H27BrO6/c1-18(2)23-14-15-17(26-19(3,4)24-15)27-20(5,16(14)25-18)11-22-10-12-6-8-13(21)9-7-12/h6-9,14-17H,10-11H2,1-5H3/t14?,15?,16-,17+,20?/m1/s1. The summed E-state index contributed by atoms with van der Waals surface area (Å²) in [6.45, 7) is 10.4. The second-order valence-corrected chi connectivity index (χ2v) is 9.45. The molecule has 0 spiro atoms. The Morgan fingerprint density at radius 3 is 2.19 bits per heavy atom. The molecule has 150 valence electrons. The van der Waals surface area contributed by atoms with Gasteiger partial charge < -0.3 is 28.4 Å². The molecule has 27 heavy (non-hydrogen) atoms. The Hall–Kier alpha value is -0.540. The minimum Gasteiger partial charge on any atom is -0.374 e. The number of hydrogen-bond acceptors (Lipinski definition) is 6. The SMILES string of the molecule is CC1(C)OC2C3OC(C)(C)O[C@H]3C(C)(COCc3ccc(Br)cc3)O[C@@H]2O1. The maximum absolute atomic E-state index is 6.31. The normalized spacial score (nSPS) is 39.2. The van der Waals surface area contributed by atoms with Crippen molar-refractivity contribution < 1.29 is 28.4 Å². The van der Waals surface area contributed by atoms with Gasteiger partial charge in [0.15, 0.2) is 17.9 Å². The van der Waals surface area contributed by atoms with Crippen LogP contribution in [0.2, 0.25) is 0 Å². The van der Waals surface area contributed by atoms with E-state index in [-0.39, 0.29) is 18.3 Å². The molecule has 0 aliphatic carbocycles. The van der Waals surface area contributed by atoms with Crippen LogP contribution in [0.5, 0.6) is 0 Å². The molecular weight excluding hydrogens is 416 g/mol. The molecule has 3 aliphatic heterocycles. The molecule has 4 rings (SSSR count). The lowest BCUT2D eigenvalue weighted by Gasteiger charge is -2.44. The van der Waals surface area contributed by atoms with Gasteiger partial charge in [-0.05, 0) is 52.3 Å². The molecule has 0 bridgehead atoms. The Bertz CT molecular complexity index is 690. The van der Waals surface area contributed by atoms with Crippen LogP contribution < -0.4 is 0 Å². The highest BCUT2D eigenvalue weighted by molar-refractivity contribution is 9.10. The van der Waals surface area contributed by atoms with E-state index in [1.165, 1.54) is 0 Å². The molecule has 0 amide bonds. The minimum absolute atomic E-state index is 0.276. The lowest BCUT2D eigenvalue weighted by atomic mass is 9.89. The number of halogens is 1. The summed E-state index contributed by atoms with van der Waals surface area (Å²) >= 11 is 3.44. The van der Waals surface area contributed by atoms with Crippen molar-refractivity contribution in [3.8, 4) is 0 Å². The van der Waals surface area contributed by atoms with Crippen LogP contribution in [0.4, 0.5) is 0 Å². The number of hydrogen-bond donors (Lipinski definition) is 0. The molecule has 1 aromatic carbocycles. The van der Waals surface area contributed by atoms with Crippen LogP contribution in [-0.4, -0.2) is 48.4 Å². The van der Waals surface area contributed by atoms with Crippen LogP contribution in [0.3, 0.4) is 0 Å². The first-order valence-corrected chi connectivity index (χ1v) is 10.1. The molecule has 1 aromatic rings. The van der Waals surface area contributed by atoms with Gasteiger partial charge in [0.1, 0.15) is 23.9 Å². The van der Waals surface area contributed by atoms with Gasteiger partial charge in [-0.2, -0.15) is 0 Å². The fraction of sp³-hybridized carbons (Fsp3) is 0.700. The summed E-state index contributed by atoms with van der Waals surface area (Å²) in [4.78, 5) is 0. The molecule has 3 aliphatic rings. The third-order valence-corrected chi connectivity index (χ3v) is 5.63. The van der Waals surface area contributed by atoms with Gasteiger partial charge >= 0.3 is 0 Å². The fourth-order valence-corrected chi connectivity index (χ4v) is 4.24. The summed E-state index contributed by atoms with van der Waals surface area (Å²) in [6, 6.07) is 8.06. The second kappa shape index (κ2) is 6.76. The smallest absolute Gasteiger partial charge is 0.190 e. The predicted molar refractivity (Wildman–Crippen MR) is 101 cm³/mol. The predicted octanol–water partition coefficient (Wildman–Crippen LogP) is 3.75. The van der Waals surface area contributed by atoms with Gasteiger partial charge in [-0.15, -0.1) is 0 Å². The van der Waals surface area contributed by atoms with Crippen molar-refractivity contribution in [2.24, 2.45) is 0 Å². The van der Waals surface area contributed by atoms with E-state index < -0.39 is 23.5 Å². The number of benzene rings is 1. The number of rotatable bonds is 4. The van der Waals surface area contributed by atoms with E-state index in [0.29, 0.717) is 13.2 Å². The maximum Gasteiger partial charge on any atom is 0.190 e. The fourth-order valence-electron chi connectivity index (χ4n) is 3.97.